The molecule has 2 aromatic carbocycles. The monoisotopic (exact) mass is 805 g/mol. The van der Waals surface area contributed by atoms with Crippen molar-refractivity contribution in [2.75, 3.05) is 53.4 Å². The lowest BCUT2D eigenvalue weighted by Crippen LogP contribution is -2.62. The minimum Gasteiger partial charge on any atom is -0.496 e. The van der Waals surface area contributed by atoms with Gasteiger partial charge in [0.05, 0.1) is 32.4 Å². The minimum atomic E-state index is -1.03. The van der Waals surface area contributed by atoms with Crippen molar-refractivity contribution >= 4 is 17.5 Å². The Hall–Kier alpha value is -3.85. The largest absolute Gasteiger partial charge is 0.496 e. The smallest absolute Gasteiger partial charge is 0.251 e. The Labute approximate surface area is 343 Å². The number of ether oxygens (including phenoxy) is 1. The Bertz CT molecular complexity index is 1880. The molecular formula is C45H64FN5O7. The number of benzene rings is 2. The lowest BCUT2D eigenvalue weighted by atomic mass is 9.45. The van der Waals surface area contributed by atoms with Crippen molar-refractivity contribution < 1.29 is 38.9 Å². The third-order valence-corrected chi connectivity index (χ3v) is 13.4. The molecule has 4 fully saturated rings. The number of likely N-dealkylation sites (N-methyl/N-ethyl adjacent to an activating group) is 1. The molecule has 0 unspecified atom stereocenters. The number of aliphatic hydroxyl groups excluding tert-OH is 3. The van der Waals surface area contributed by atoms with Gasteiger partial charge in [0.1, 0.15) is 29.8 Å². The maximum absolute atomic E-state index is 16.1. The van der Waals surface area contributed by atoms with Gasteiger partial charge in [-0.3, -0.25) is 14.4 Å². The molecule has 12 nitrogen and oxygen atoms in total. The van der Waals surface area contributed by atoms with Crippen LogP contribution < -0.4 is 20.3 Å². The Morgan fingerprint density at radius 2 is 1.84 bits per heavy atom. The molecule has 318 valence electrons. The molecule has 2 amide bonds. The van der Waals surface area contributed by atoms with Gasteiger partial charge in [-0.2, -0.15) is 5.06 Å². The number of fused-ring (bicyclic) bond motifs is 2. The van der Waals surface area contributed by atoms with Gasteiger partial charge in [0.2, 0.25) is 5.91 Å². The molecule has 2 bridgehead atoms. The van der Waals surface area contributed by atoms with Crippen LogP contribution in [-0.2, 0) is 16.2 Å². The summed E-state index contributed by atoms with van der Waals surface area (Å²) in [5.74, 6) is -0.661. The van der Waals surface area contributed by atoms with Gasteiger partial charge in [-0.1, -0.05) is 39.0 Å². The van der Waals surface area contributed by atoms with Crippen molar-refractivity contribution in [1.82, 2.24) is 20.6 Å². The summed E-state index contributed by atoms with van der Waals surface area (Å²) in [7, 11) is 8.93. The van der Waals surface area contributed by atoms with Crippen molar-refractivity contribution in [2.24, 2.45) is 29.1 Å². The molecule has 10 atom stereocenters. The van der Waals surface area contributed by atoms with Crippen LogP contribution in [0.1, 0.15) is 69.3 Å². The fourth-order valence-corrected chi connectivity index (χ4v) is 9.96. The number of hydrogen-bond donors (Lipinski definition) is 5. The third-order valence-electron chi connectivity index (χ3n) is 13.4. The van der Waals surface area contributed by atoms with E-state index < -0.39 is 48.7 Å². The van der Waals surface area contributed by atoms with Gasteiger partial charge >= 0.3 is 0 Å². The van der Waals surface area contributed by atoms with E-state index >= 15 is 4.39 Å². The number of allylic oxidation sites excluding steroid dienone is 2. The van der Waals surface area contributed by atoms with Gasteiger partial charge in [0.25, 0.3) is 5.91 Å². The van der Waals surface area contributed by atoms with Crippen LogP contribution >= 0.6 is 0 Å². The van der Waals surface area contributed by atoms with Crippen LogP contribution in [0.2, 0.25) is 0 Å². The summed E-state index contributed by atoms with van der Waals surface area (Å²) in [5.41, 5.74) is 3.23. The van der Waals surface area contributed by atoms with Crippen LogP contribution in [0.5, 0.6) is 5.75 Å². The number of amides is 2. The molecule has 0 radical (unpaired) electrons. The number of anilines is 1. The first kappa shape index (κ1) is 43.7. The molecule has 4 aliphatic carbocycles. The molecule has 58 heavy (non-hydrogen) atoms. The molecule has 5 aliphatic rings. The Morgan fingerprint density at radius 3 is 2.43 bits per heavy atom. The minimum absolute atomic E-state index is 0.0541. The summed E-state index contributed by atoms with van der Waals surface area (Å²) < 4.78 is 22.1. The highest BCUT2D eigenvalue weighted by atomic mass is 19.1. The molecule has 1 heterocycles. The number of nitrogens with one attached hydrogen (secondary N) is 2. The molecule has 0 aromatic heterocycles. The lowest BCUT2D eigenvalue weighted by Gasteiger charge is -2.62. The quantitative estimate of drug-likeness (QED) is 0.174. The first-order chi connectivity index (χ1) is 27.5. The predicted molar refractivity (Wildman–Crippen MR) is 223 cm³/mol. The number of hydroxylamine groups is 2. The lowest BCUT2D eigenvalue weighted by molar-refractivity contribution is -0.183. The highest BCUT2D eigenvalue weighted by Gasteiger charge is 2.57. The predicted octanol–water partition coefficient (Wildman–Crippen LogP) is 4.53. The van der Waals surface area contributed by atoms with Crippen molar-refractivity contribution in [3.63, 3.8) is 0 Å². The number of rotatable bonds is 15. The molecule has 1 aliphatic heterocycles. The second-order valence-corrected chi connectivity index (χ2v) is 18.0. The number of carbonyl (C=O) groups excluding carboxylic acids is 2. The molecule has 7 rings (SSSR count). The van der Waals surface area contributed by atoms with Gasteiger partial charge in [0.15, 0.2) is 0 Å². The maximum atomic E-state index is 16.1. The second-order valence-electron chi connectivity index (χ2n) is 18.0. The first-order valence-corrected chi connectivity index (χ1v) is 20.7. The molecule has 0 spiro atoms. The van der Waals surface area contributed by atoms with Crippen LogP contribution in [0, 0.1) is 34.9 Å². The van der Waals surface area contributed by atoms with E-state index in [2.05, 4.69) is 31.4 Å². The average Bonchev–Trinajstić information content (AvgIpc) is 3.57. The Balaban J connectivity index is 1.31. The molecule has 13 heteroatoms. The van der Waals surface area contributed by atoms with E-state index in [1.54, 1.807) is 25.1 Å². The Morgan fingerprint density at radius 1 is 1.10 bits per heavy atom. The van der Waals surface area contributed by atoms with Crippen molar-refractivity contribution in [2.45, 2.75) is 96.4 Å². The summed E-state index contributed by atoms with van der Waals surface area (Å²) >= 11 is 0. The van der Waals surface area contributed by atoms with E-state index in [4.69, 9.17) is 9.57 Å². The zero-order valence-electron chi connectivity index (χ0n) is 35.5. The highest BCUT2D eigenvalue weighted by molar-refractivity contribution is 5.97. The van der Waals surface area contributed by atoms with E-state index in [0.717, 1.165) is 31.3 Å². The number of carbonyl (C=O) groups is 2. The van der Waals surface area contributed by atoms with Crippen LogP contribution in [0.4, 0.5) is 10.1 Å². The highest BCUT2D eigenvalue weighted by Crippen LogP contribution is 2.61. The maximum Gasteiger partial charge on any atom is 0.251 e. The normalized spacial score (nSPS) is 28.0. The number of halogens is 1. The van der Waals surface area contributed by atoms with Gasteiger partial charge in [-0.15, -0.1) is 0 Å². The van der Waals surface area contributed by atoms with Crippen LogP contribution in [0.15, 0.2) is 54.1 Å². The summed E-state index contributed by atoms with van der Waals surface area (Å²) in [5, 5.41) is 40.4. The first-order valence-electron chi connectivity index (χ1n) is 20.7. The van der Waals surface area contributed by atoms with Gasteiger partial charge in [-0.05, 0) is 111 Å². The fourth-order valence-electron chi connectivity index (χ4n) is 9.96. The van der Waals surface area contributed by atoms with Crippen molar-refractivity contribution in [3.8, 4) is 16.9 Å². The standard InChI is InChI=1S/C45H64FN5O7/c1-25-34-20-30(45(34,3)4)21-36(25)47-44(56)40-39(26(2)53)38(24-52)58-51(40)22-33-35(46)16-15-32(42(33)57-9)28-17-29(19-31(18-28)50(7)8)43(55)48-37(23-49(5)6)41(54)27-13-11-10-12-14-27/h11,13-19,25-26,30,34,36-41,52-54H,10,12,20-24H2,1-9H3,(H,47,56)(H,48,55)/t25-,26-,30-,34-,36-,37+,38-,39+,40-,41+/m0/s1. The number of aliphatic hydroxyl groups is 3. The molecule has 2 aromatic rings. The molecule has 3 saturated carbocycles. The van der Waals surface area contributed by atoms with E-state index in [-0.39, 0.29) is 47.0 Å². The zero-order chi connectivity index (χ0) is 42.2. The summed E-state index contributed by atoms with van der Waals surface area (Å²) in [6.07, 6.45) is 6.82. The molecule has 1 saturated heterocycles. The topological polar surface area (TPSA) is 147 Å². The molecular weight excluding hydrogens is 742 g/mol. The van der Waals surface area contributed by atoms with E-state index in [0.29, 0.717) is 40.8 Å². The third kappa shape index (κ3) is 8.71. The van der Waals surface area contributed by atoms with E-state index in [1.165, 1.54) is 18.2 Å². The Kier molecular flexibility index (Phi) is 13.4. The second kappa shape index (κ2) is 17.8. The van der Waals surface area contributed by atoms with E-state index in [1.807, 2.05) is 62.3 Å². The van der Waals surface area contributed by atoms with Crippen molar-refractivity contribution in [3.05, 3.63) is 71.1 Å². The van der Waals surface area contributed by atoms with Gasteiger partial charge in [-0.25, -0.2) is 4.39 Å². The van der Waals surface area contributed by atoms with Crippen molar-refractivity contribution in [1.29, 1.82) is 0 Å². The summed E-state index contributed by atoms with van der Waals surface area (Å²) in [4.78, 5) is 38.3. The fraction of sp³-hybridized carbons (Fsp3) is 0.600. The summed E-state index contributed by atoms with van der Waals surface area (Å²) in [6.45, 7) is 8.08. The van der Waals surface area contributed by atoms with Gasteiger partial charge < -0.3 is 40.5 Å². The van der Waals surface area contributed by atoms with Gasteiger partial charge in [0, 0.05) is 55.0 Å². The zero-order valence-corrected chi connectivity index (χ0v) is 35.5. The van der Waals surface area contributed by atoms with E-state index in [9.17, 15) is 24.9 Å². The number of hydrogen-bond acceptors (Lipinski definition) is 10. The van der Waals surface area contributed by atoms with Crippen LogP contribution in [-0.4, -0.2) is 122 Å². The van der Waals surface area contributed by atoms with Crippen LogP contribution in [0.25, 0.3) is 11.1 Å². The number of nitrogens with zero attached hydrogens (tertiary/aromatic N) is 3. The van der Waals surface area contributed by atoms with Crippen LogP contribution in [0.3, 0.4) is 0 Å². The average molecular weight is 806 g/mol. The summed E-state index contributed by atoms with van der Waals surface area (Å²) in [6, 6.07) is 6.59. The molecule has 5 N–H and O–H groups in total. The SMILES string of the molecule is COc1c(-c2cc(C(=O)N[C@H](CN(C)C)[C@H](O)C3=CCCC=C3)cc(N(C)C)c2)ccc(F)c1CN1O[C@@H](CO)[C@@H]([C@H](C)O)[C@H]1C(=O)N[C@H]1C[C@@H]2C[C@@H]([C@@H]1C)C2(C)C. The number of methoxy groups -OCH3 is 1.